The molecular weight excluding hydrogens is 360 g/mol. The van der Waals surface area contributed by atoms with Crippen LogP contribution in [0.25, 0.3) is 0 Å². The summed E-state index contributed by atoms with van der Waals surface area (Å²) in [7, 11) is 1.59. The Balaban J connectivity index is 3.14. The van der Waals surface area contributed by atoms with E-state index in [0.29, 0.717) is 13.2 Å². The summed E-state index contributed by atoms with van der Waals surface area (Å²) in [6.45, 7) is 3.70. The molecule has 0 aromatic rings. The Hall–Kier alpha value is -0.640. The fraction of sp³-hybridized carbons (Fsp3) is 0.846. The molecule has 3 heteroatoms. The summed E-state index contributed by atoms with van der Waals surface area (Å²) in [4.78, 5) is 0. The fourth-order valence-electron chi connectivity index (χ4n) is 3.30. The van der Waals surface area contributed by atoms with Gasteiger partial charge in [0, 0.05) is 13.7 Å². The van der Waals surface area contributed by atoms with Gasteiger partial charge >= 0.3 is 0 Å². The summed E-state index contributed by atoms with van der Waals surface area (Å²) in [5.41, 5.74) is 0. The molecule has 0 aliphatic carbocycles. The minimum atomic E-state index is -0.498. The highest BCUT2D eigenvalue weighted by molar-refractivity contribution is 4.81. The molecule has 29 heavy (non-hydrogen) atoms. The van der Waals surface area contributed by atoms with E-state index >= 15 is 0 Å². The topological polar surface area (TPSA) is 38.7 Å². The number of rotatable bonds is 23. The Morgan fingerprint density at radius 1 is 0.621 bits per heavy atom. The minimum Gasteiger partial charge on any atom is -0.388 e. The maximum atomic E-state index is 9.45. The molecule has 0 amide bonds. The lowest BCUT2D eigenvalue weighted by atomic mass is 10.1. The molecule has 0 bridgehead atoms. The first-order valence-corrected chi connectivity index (χ1v) is 12.4. The van der Waals surface area contributed by atoms with Crippen LogP contribution in [0.15, 0.2) is 24.3 Å². The summed E-state index contributed by atoms with van der Waals surface area (Å²) in [5, 5.41) is 9.45. The van der Waals surface area contributed by atoms with E-state index in [1.54, 1.807) is 7.11 Å². The van der Waals surface area contributed by atoms with Gasteiger partial charge in [-0.1, -0.05) is 82.6 Å². The molecule has 172 valence electrons. The van der Waals surface area contributed by atoms with E-state index in [1.807, 2.05) is 0 Å². The van der Waals surface area contributed by atoms with Gasteiger partial charge in [-0.3, -0.25) is 0 Å². The molecule has 0 radical (unpaired) electrons. The molecule has 1 atom stereocenters. The van der Waals surface area contributed by atoms with Crippen LogP contribution in [0.4, 0.5) is 0 Å². The highest BCUT2D eigenvalue weighted by atomic mass is 16.5. The van der Waals surface area contributed by atoms with Crippen molar-refractivity contribution < 1.29 is 14.6 Å². The largest absolute Gasteiger partial charge is 0.388 e. The van der Waals surface area contributed by atoms with Gasteiger partial charge in [0.2, 0.25) is 0 Å². The van der Waals surface area contributed by atoms with E-state index in [2.05, 4.69) is 31.2 Å². The molecule has 3 nitrogen and oxygen atoms in total. The van der Waals surface area contributed by atoms with Gasteiger partial charge in [-0.2, -0.15) is 0 Å². The summed E-state index contributed by atoms with van der Waals surface area (Å²) < 4.78 is 10.3. The lowest BCUT2D eigenvalue weighted by Crippen LogP contribution is -2.21. The number of methoxy groups -OCH3 is 1. The lowest BCUT2D eigenvalue weighted by molar-refractivity contribution is -0.00672. The second-order valence-corrected chi connectivity index (χ2v) is 8.17. The fourth-order valence-corrected chi connectivity index (χ4v) is 3.30. The van der Waals surface area contributed by atoms with Crippen LogP contribution in [-0.4, -0.2) is 38.1 Å². The molecule has 0 aromatic heterocycles. The van der Waals surface area contributed by atoms with Gasteiger partial charge in [0.25, 0.3) is 0 Å². The van der Waals surface area contributed by atoms with Crippen LogP contribution in [0.2, 0.25) is 0 Å². The number of allylic oxidation sites excluding steroid dienone is 4. The standard InChI is InChI=1S/C26H50O3/c1-3-4-5-6-7-8-9-10-11-12-13-14-15-16-17-18-19-20-21-22-23-29-25-26(27)24-28-2/h6-7,18-19,26-27H,3-5,8-17,20-25H2,1-2H3/t26-/m0/s1. The highest BCUT2D eigenvalue weighted by Gasteiger charge is 2.02. The van der Waals surface area contributed by atoms with Crippen LogP contribution in [0.3, 0.4) is 0 Å². The highest BCUT2D eigenvalue weighted by Crippen LogP contribution is 2.11. The van der Waals surface area contributed by atoms with E-state index < -0.39 is 6.10 Å². The van der Waals surface area contributed by atoms with E-state index in [1.165, 1.54) is 83.5 Å². The number of aliphatic hydroxyl groups excluding tert-OH is 1. The Morgan fingerprint density at radius 2 is 1.07 bits per heavy atom. The van der Waals surface area contributed by atoms with Gasteiger partial charge < -0.3 is 14.6 Å². The molecule has 0 heterocycles. The van der Waals surface area contributed by atoms with Crippen molar-refractivity contribution in [2.45, 2.75) is 116 Å². The molecule has 0 saturated carbocycles. The van der Waals surface area contributed by atoms with Gasteiger partial charge in [0.15, 0.2) is 0 Å². The number of aliphatic hydroxyl groups is 1. The van der Waals surface area contributed by atoms with Crippen molar-refractivity contribution in [2.24, 2.45) is 0 Å². The SMILES string of the molecule is CCCCC=CCCCCCCCCCCC=CCCCCOC[C@@H](O)COC. The van der Waals surface area contributed by atoms with Crippen molar-refractivity contribution in [3.8, 4) is 0 Å². The smallest absolute Gasteiger partial charge is 0.101 e. The Labute approximate surface area is 182 Å². The van der Waals surface area contributed by atoms with Gasteiger partial charge in [0.05, 0.1) is 13.2 Å². The predicted molar refractivity (Wildman–Crippen MR) is 127 cm³/mol. The molecule has 0 aliphatic rings. The second kappa shape index (κ2) is 25.4. The lowest BCUT2D eigenvalue weighted by Gasteiger charge is -2.09. The summed E-state index contributed by atoms with van der Waals surface area (Å²) >= 11 is 0. The van der Waals surface area contributed by atoms with Crippen LogP contribution in [0, 0.1) is 0 Å². The average molecular weight is 411 g/mol. The molecule has 0 rings (SSSR count). The van der Waals surface area contributed by atoms with Crippen molar-refractivity contribution in [1.82, 2.24) is 0 Å². The molecule has 0 saturated heterocycles. The number of ether oxygens (including phenoxy) is 2. The first kappa shape index (κ1) is 28.4. The Kier molecular flexibility index (Phi) is 24.8. The molecule has 0 spiro atoms. The third-order valence-corrected chi connectivity index (χ3v) is 5.13. The van der Waals surface area contributed by atoms with Gasteiger partial charge in [-0.05, 0) is 51.4 Å². The van der Waals surface area contributed by atoms with E-state index in [9.17, 15) is 5.11 Å². The molecule has 0 aromatic carbocycles. The van der Waals surface area contributed by atoms with Crippen molar-refractivity contribution in [2.75, 3.05) is 26.9 Å². The summed E-state index contributed by atoms with van der Waals surface area (Å²) in [5.74, 6) is 0. The molecule has 1 N–H and O–H groups in total. The van der Waals surface area contributed by atoms with Crippen LogP contribution in [0.1, 0.15) is 110 Å². The third-order valence-electron chi connectivity index (χ3n) is 5.13. The maximum Gasteiger partial charge on any atom is 0.101 e. The third kappa shape index (κ3) is 25.3. The normalized spacial score (nSPS) is 13.1. The van der Waals surface area contributed by atoms with Crippen LogP contribution >= 0.6 is 0 Å². The molecule has 0 aliphatic heterocycles. The van der Waals surface area contributed by atoms with Gasteiger partial charge in [0.1, 0.15) is 6.10 Å². The second-order valence-electron chi connectivity index (χ2n) is 8.17. The van der Waals surface area contributed by atoms with Gasteiger partial charge in [-0.15, -0.1) is 0 Å². The minimum absolute atomic E-state index is 0.347. The maximum absolute atomic E-state index is 9.45. The predicted octanol–water partition coefficient (Wildman–Crippen LogP) is 7.38. The summed E-state index contributed by atoms with van der Waals surface area (Å²) in [6, 6.07) is 0. The average Bonchev–Trinajstić information content (AvgIpc) is 2.72. The van der Waals surface area contributed by atoms with Crippen LogP contribution in [-0.2, 0) is 9.47 Å². The zero-order chi connectivity index (χ0) is 21.3. The monoisotopic (exact) mass is 410 g/mol. The zero-order valence-corrected chi connectivity index (χ0v) is 19.6. The first-order chi connectivity index (χ1) is 14.3. The number of hydrogen-bond acceptors (Lipinski definition) is 3. The van der Waals surface area contributed by atoms with Crippen molar-refractivity contribution >= 4 is 0 Å². The Bertz CT molecular complexity index is 352. The molecular formula is C26H50O3. The van der Waals surface area contributed by atoms with E-state index in [-0.39, 0.29) is 0 Å². The first-order valence-electron chi connectivity index (χ1n) is 12.4. The van der Waals surface area contributed by atoms with Crippen LogP contribution < -0.4 is 0 Å². The van der Waals surface area contributed by atoms with E-state index in [4.69, 9.17) is 9.47 Å². The van der Waals surface area contributed by atoms with Crippen LogP contribution in [0.5, 0.6) is 0 Å². The quantitative estimate of drug-likeness (QED) is 0.141. The molecule has 0 unspecified atom stereocenters. The number of unbranched alkanes of at least 4 members (excludes halogenated alkanes) is 13. The Morgan fingerprint density at radius 3 is 1.55 bits per heavy atom. The summed E-state index contributed by atoms with van der Waals surface area (Å²) in [6.07, 6.45) is 29.8. The van der Waals surface area contributed by atoms with E-state index in [0.717, 1.165) is 25.9 Å². The zero-order valence-electron chi connectivity index (χ0n) is 19.6. The number of hydrogen-bond donors (Lipinski definition) is 1. The van der Waals surface area contributed by atoms with Crippen molar-refractivity contribution in [3.05, 3.63) is 24.3 Å². The van der Waals surface area contributed by atoms with Gasteiger partial charge in [-0.25, -0.2) is 0 Å². The van der Waals surface area contributed by atoms with Crippen molar-refractivity contribution in [1.29, 1.82) is 0 Å². The van der Waals surface area contributed by atoms with Crippen molar-refractivity contribution in [3.63, 3.8) is 0 Å². The molecule has 0 fully saturated rings.